The highest BCUT2D eigenvalue weighted by atomic mass is 32.1. The van der Waals surface area contributed by atoms with Crippen molar-refractivity contribution >= 4 is 39.3 Å². The molecule has 2 aromatic heterocycles. The predicted octanol–water partition coefficient (Wildman–Crippen LogP) is 1.36. The van der Waals surface area contributed by atoms with Gasteiger partial charge in [-0.15, -0.1) is 11.3 Å². The highest BCUT2D eigenvalue weighted by molar-refractivity contribution is 7.20. The van der Waals surface area contributed by atoms with E-state index in [9.17, 15) is 9.59 Å². The van der Waals surface area contributed by atoms with Crippen LogP contribution in [0.15, 0.2) is 0 Å². The van der Waals surface area contributed by atoms with Crippen molar-refractivity contribution in [1.29, 1.82) is 0 Å². The standard InChI is InChI=1S/C20H29N5O4S/c1-4-28-15(26)12-14-22-18(25-10-8-24(7-6-21)9-11-25)16-13(3)17(20(27)29-5-2)30-19(16)23-14/h4-12,21H2,1-3H3. The summed E-state index contributed by atoms with van der Waals surface area (Å²) >= 11 is 1.28. The highest BCUT2D eigenvalue weighted by Gasteiger charge is 2.26. The number of thiophene rings is 1. The van der Waals surface area contributed by atoms with Crippen molar-refractivity contribution in [2.75, 3.05) is 57.4 Å². The van der Waals surface area contributed by atoms with Gasteiger partial charge in [-0.25, -0.2) is 14.8 Å². The molecule has 3 rings (SSSR count). The van der Waals surface area contributed by atoms with Crippen LogP contribution in [-0.2, 0) is 20.7 Å². The minimum Gasteiger partial charge on any atom is -0.466 e. The average Bonchev–Trinajstić information content (AvgIpc) is 3.05. The summed E-state index contributed by atoms with van der Waals surface area (Å²) in [4.78, 5) is 39.4. The van der Waals surface area contributed by atoms with Crippen LogP contribution in [0.25, 0.3) is 10.2 Å². The fourth-order valence-corrected chi connectivity index (χ4v) is 4.66. The van der Waals surface area contributed by atoms with E-state index < -0.39 is 0 Å². The van der Waals surface area contributed by atoms with Gasteiger partial charge in [0.1, 0.15) is 27.8 Å². The molecule has 2 aromatic rings. The van der Waals surface area contributed by atoms with Crippen LogP contribution in [0.5, 0.6) is 0 Å². The van der Waals surface area contributed by atoms with Crippen molar-refractivity contribution in [2.24, 2.45) is 5.73 Å². The summed E-state index contributed by atoms with van der Waals surface area (Å²) < 4.78 is 10.3. The molecule has 0 aromatic carbocycles. The number of nitrogens with two attached hydrogens (primary N) is 1. The Morgan fingerprint density at radius 1 is 1.10 bits per heavy atom. The first-order chi connectivity index (χ1) is 14.5. The van der Waals surface area contributed by atoms with E-state index in [1.165, 1.54) is 11.3 Å². The lowest BCUT2D eigenvalue weighted by atomic mass is 10.1. The quantitative estimate of drug-likeness (QED) is 0.614. The Kier molecular flexibility index (Phi) is 7.57. The minimum atomic E-state index is -0.366. The summed E-state index contributed by atoms with van der Waals surface area (Å²) in [7, 11) is 0. The Bertz CT molecular complexity index is 908. The number of hydrogen-bond donors (Lipinski definition) is 1. The molecule has 0 unspecified atom stereocenters. The summed E-state index contributed by atoms with van der Waals surface area (Å²) in [6, 6.07) is 0. The van der Waals surface area contributed by atoms with Crippen molar-refractivity contribution in [2.45, 2.75) is 27.2 Å². The van der Waals surface area contributed by atoms with Crippen molar-refractivity contribution in [3.63, 3.8) is 0 Å². The first kappa shape index (κ1) is 22.4. The smallest absolute Gasteiger partial charge is 0.348 e. The van der Waals surface area contributed by atoms with Gasteiger partial charge in [-0.2, -0.15) is 0 Å². The zero-order valence-electron chi connectivity index (χ0n) is 17.8. The van der Waals surface area contributed by atoms with Gasteiger partial charge in [-0.1, -0.05) is 0 Å². The van der Waals surface area contributed by atoms with Crippen LogP contribution in [0.4, 0.5) is 5.82 Å². The molecule has 1 aliphatic rings. The number of piperazine rings is 1. The zero-order valence-corrected chi connectivity index (χ0v) is 18.6. The second-order valence-corrected chi connectivity index (χ2v) is 8.02. The van der Waals surface area contributed by atoms with Gasteiger partial charge in [0.15, 0.2) is 0 Å². The molecule has 0 bridgehead atoms. The maximum absolute atomic E-state index is 12.4. The SMILES string of the molecule is CCOC(=O)Cc1nc(N2CCN(CCN)CC2)c2c(C)c(C(=O)OCC)sc2n1. The number of aromatic nitrogens is 2. The third-order valence-corrected chi connectivity index (χ3v) is 6.17. The van der Waals surface area contributed by atoms with Gasteiger partial charge in [-0.3, -0.25) is 9.69 Å². The fourth-order valence-electron chi connectivity index (χ4n) is 3.57. The van der Waals surface area contributed by atoms with Gasteiger partial charge in [0.2, 0.25) is 0 Å². The molecule has 10 heteroatoms. The lowest BCUT2D eigenvalue weighted by Crippen LogP contribution is -2.48. The van der Waals surface area contributed by atoms with Crippen LogP contribution in [0.2, 0.25) is 0 Å². The van der Waals surface area contributed by atoms with Crippen LogP contribution in [0.1, 0.15) is 34.9 Å². The summed E-state index contributed by atoms with van der Waals surface area (Å²) in [5.41, 5.74) is 6.50. The number of hydrogen-bond acceptors (Lipinski definition) is 10. The lowest BCUT2D eigenvalue weighted by molar-refractivity contribution is -0.142. The largest absolute Gasteiger partial charge is 0.466 e. The second-order valence-electron chi connectivity index (χ2n) is 7.02. The molecule has 1 saturated heterocycles. The molecule has 0 aliphatic carbocycles. The van der Waals surface area contributed by atoms with Crippen LogP contribution in [0.3, 0.4) is 0 Å². The molecule has 9 nitrogen and oxygen atoms in total. The number of nitrogens with zero attached hydrogens (tertiary/aromatic N) is 4. The number of rotatable bonds is 8. The van der Waals surface area contributed by atoms with Gasteiger partial charge in [-0.05, 0) is 26.3 Å². The molecule has 30 heavy (non-hydrogen) atoms. The van der Waals surface area contributed by atoms with Crippen LogP contribution < -0.4 is 10.6 Å². The Balaban J connectivity index is 2.00. The maximum Gasteiger partial charge on any atom is 0.348 e. The zero-order chi connectivity index (χ0) is 21.7. The molecule has 164 valence electrons. The van der Waals surface area contributed by atoms with Gasteiger partial charge in [0.25, 0.3) is 0 Å². The topological polar surface area (TPSA) is 111 Å². The molecule has 3 heterocycles. The predicted molar refractivity (Wildman–Crippen MR) is 116 cm³/mol. The molecule has 1 aliphatic heterocycles. The van der Waals surface area contributed by atoms with E-state index in [0.29, 0.717) is 35.3 Å². The molecule has 1 fully saturated rings. The second kappa shape index (κ2) is 10.1. The van der Waals surface area contributed by atoms with Crippen molar-refractivity contribution in [1.82, 2.24) is 14.9 Å². The van der Waals surface area contributed by atoms with E-state index in [4.69, 9.17) is 20.2 Å². The van der Waals surface area contributed by atoms with E-state index >= 15 is 0 Å². The minimum absolute atomic E-state index is 0.00436. The number of esters is 2. The normalized spacial score (nSPS) is 14.9. The monoisotopic (exact) mass is 435 g/mol. The molecule has 0 radical (unpaired) electrons. The highest BCUT2D eigenvalue weighted by Crippen LogP contribution is 2.36. The number of ether oxygens (including phenoxy) is 2. The molecule has 0 saturated carbocycles. The molecule has 0 spiro atoms. The fraction of sp³-hybridized carbons (Fsp3) is 0.600. The Labute approximate surface area is 180 Å². The average molecular weight is 436 g/mol. The van der Waals surface area contributed by atoms with E-state index in [1.807, 2.05) is 6.92 Å². The van der Waals surface area contributed by atoms with E-state index in [1.54, 1.807) is 13.8 Å². The number of aryl methyl sites for hydroxylation is 1. The molecule has 0 atom stereocenters. The van der Waals surface area contributed by atoms with E-state index in [0.717, 1.165) is 49.5 Å². The summed E-state index contributed by atoms with van der Waals surface area (Å²) in [5.74, 6) is 0.436. The molecular formula is C20H29N5O4S. The number of carbonyl (C=O) groups excluding carboxylic acids is 2. The summed E-state index contributed by atoms with van der Waals surface area (Å²) in [5, 5.41) is 0.850. The number of carbonyl (C=O) groups is 2. The number of fused-ring (bicyclic) bond motifs is 1. The lowest BCUT2D eigenvalue weighted by Gasteiger charge is -2.35. The third kappa shape index (κ3) is 4.88. The first-order valence-electron chi connectivity index (χ1n) is 10.3. The van der Waals surface area contributed by atoms with E-state index in [-0.39, 0.29) is 18.4 Å². The van der Waals surface area contributed by atoms with Crippen LogP contribution in [0, 0.1) is 6.92 Å². The van der Waals surface area contributed by atoms with Gasteiger partial charge < -0.3 is 20.1 Å². The third-order valence-electron chi connectivity index (χ3n) is 5.00. The van der Waals surface area contributed by atoms with Crippen molar-refractivity contribution in [3.8, 4) is 0 Å². The van der Waals surface area contributed by atoms with Crippen molar-refractivity contribution in [3.05, 3.63) is 16.3 Å². The van der Waals surface area contributed by atoms with Crippen molar-refractivity contribution < 1.29 is 19.1 Å². The van der Waals surface area contributed by atoms with Crippen LogP contribution >= 0.6 is 11.3 Å². The summed E-state index contributed by atoms with van der Waals surface area (Å²) in [6.07, 6.45) is -0.00436. The maximum atomic E-state index is 12.4. The van der Waals surface area contributed by atoms with Gasteiger partial charge in [0, 0.05) is 39.3 Å². The number of anilines is 1. The van der Waals surface area contributed by atoms with E-state index in [2.05, 4.69) is 14.8 Å². The molecular weight excluding hydrogens is 406 g/mol. The van der Waals surface area contributed by atoms with Gasteiger partial charge in [0.05, 0.1) is 18.6 Å². The molecule has 2 N–H and O–H groups in total. The van der Waals surface area contributed by atoms with Gasteiger partial charge >= 0.3 is 11.9 Å². The summed E-state index contributed by atoms with van der Waals surface area (Å²) in [6.45, 7) is 10.9. The molecule has 0 amide bonds. The Morgan fingerprint density at radius 3 is 2.43 bits per heavy atom. The van der Waals surface area contributed by atoms with Crippen LogP contribution in [-0.4, -0.2) is 79.3 Å². The Hall–Kier alpha value is -2.30. The first-order valence-corrected chi connectivity index (χ1v) is 11.1. The Morgan fingerprint density at radius 2 is 1.80 bits per heavy atom.